The molecule has 5 nitrogen and oxygen atoms in total. The molecule has 0 heterocycles. The van der Waals surface area contributed by atoms with Crippen molar-refractivity contribution in [2.24, 2.45) is 11.3 Å². The van der Waals surface area contributed by atoms with Crippen molar-refractivity contribution in [3.05, 3.63) is 11.1 Å². The van der Waals surface area contributed by atoms with E-state index >= 15 is 0 Å². The Morgan fingerprint density at radius 3 is 2.06 bits per heavy atom. The van der Waals surface area contributed by atoms with E-state index in [9.17, 15) is 24.6 Å². The van der Waals surface area contributed by atoms with E-state index in [2.05, 4.69) is 0 Å². The van der Waals surface area contributed by atoms with E-state index in [0.717, 1.165) is 0 Å². The lowest BCUT2D eigenvalue weighted by Gasteiger charge is -2.25. The van der Waals surface area contributed by atoms with Crippen molar-refractivity contribution in [2.75, 3.05) is 0 Å². The monoisotopic (exact) mass is 240 g/mol. The number of carbonyl (C=O) groups is 3. The van der Waals surface area contributed by atoms with Gasteiger partial charge in [-0.05, 0) is 18.9 Å². The second-order valence-corrected chi connectivity index (χ2v) is 4.45. The smallest absolute Gasteiger partial charge is 0.322 e. The van der Waals surface area contributed by atoms with Gasteiger partial charge in [-0.2, -0.15) is 0 Å². The van der Waals surface area contributed by atoms with Gasteiger partial charge in [-0.15, -0.1) is 0 Å². The van der Waals surface area contributed by atoms with E-state index in [0.29, 0.717) is 11.1 Å². The van der Waals surface area contributed by atoms with Crippen molar-refractivity contribution >= 4 is 17.7 Å². The maximum Gasteiger partial charge on any atom is 0.322 e. The summed E-state index contributed by atoms with van der Waals surface area (Å²) < 4.78 is 0. The van der Waals surface area contributed by atoms with Crippen molar-refractivity contribution in [2.45, 2.75) is 33.6 Å². The summed E-state index contributed by atoms with van der Waals surface area (Å²) in [6, 6.07) is 0. The largest absolute Gasteiger partial charge is 0.480 e. The molecule has 0 bridgehead atoms. The van der Waals surface area contributed by atoms with Crippen molar-refractivity contribution in [3.8, 4) is 0 Å². The van der Waals surface area contributed by atoms with Crippen LogP contribution in [-0.2, 0) is 14.4 Å². The number of carbonyl (C=O) groups excluding carboxylic acids is 1. The number of carboxylic acid groups (broad SMARTS) is 2. The van der Waals surface area contributed by atoms with E-state index in [1.807, 2.05) is 0 Å². The normalized spacial score (nSPS) is 22.6. The molecule has 0 aromatic rings. The van der Waals surface area contributed by atoms with Crippen LogP contribution in [0.5, 0.6) is 0 Å². The lowest BCUT2D eigenvalue weighted by atomic mass is 9.75. The Labute approximate surface area is 99.1 Å². The molecule has 0 aromatic carbocycles. The number of hydrogen-bond acceptors (Lipinski definition) is 3. The van der Waals surface area contributed by atoms with Crippen LogP contribution in [0.4, 0.5) is 0 Å². The molecule has 1 rings (SSSR count). The molecule has 0 fully saturated rings. The molecule has 1 aliphatic rings. The van der Waals surface area contributed by atoms with Crippen LogP contribution in [0.3, 0.4) is 0 Å². The van der Waals surface area contributed by atoms with Gasteiger partial charge in [0.05, 0.1) is 0 Å². The predicted molar refractivity (Wildman–Crippen MR) is 59.5 cm³/mol. The Kier molecular flexibility index (Phi) is 3.40. The van der Waals surface area contributed by atoms with Crippen LogP contribution in [0.15, 0.2) is 11.1 Å². The van der Waals surface area contributed by atoms with Crippen molar-refractivity contribution < 1.29 is 24.6 Å². The molecule has 5 heteroatoms. The van der Waals surface area contributed by atoms with E-state index in [4.69, 9.17) is 0 Å². The first-order chi connectivity index (χ1) is 7.78. The summed E-state index contributed by atoms with van der Waals surface area (Å²) in [6.07, 6.45) is 0.159. The van der Waals surface area contributed by atoms with Crippen LogP contribution in [0.1, 0.15) is 33.6 Å². The summed E-state index contributed by atoms with van der Waals surface area (Å²) in [7, 11) is 0. The number of rotatable bonds is 4. The first-order valence-corrected chi connectivity index (χ1v) is 5.48. The molecule has 0 radical (unpaired) electrons. The molecule has 17 heavy (non-hydrogen) atoms. The van der Waals surface area contributed by atoms with Gasteiger partial charge in [0.15, 0.2) is 11.2 Å². The number of Topliss-reactive ketones (excluding diaryl/α,β-unsaturated/α-hetero) is 1. The summed E-state index contributed by atoms with van der Waals surface area (Å²) in [4.78, 5) is 34.2. The highest BCUT2D eigenvalue weighted by atomic mass is 16.4. The number of aliphatic carboxylic acids is 2. The molecular formula is C12H16O5. The highest BCUT2D eigenvalue weighted by Gasteiger charge is 2.57. The molecule has 0 saturated heterocycles. The second kappa shape index (κ2) is 4.31. The highest BCUT2D eigenvalue weighted by Crippen LogP contribution is 2.47. The predicted octanol–water partition coefficient (Wildman–Crippen LogP) is 1.48. The van der Waals surface area contributed by atoms with Crippen LogP contribution < -0.4 is 0 Å². The molecule has 1 atom stereocenters. The average molecular weight is 240 g/mol. The Morgan fingerprint density at radius 1 is 1.29 bits per heavy atom. The number of allylic oxidation sites excluding steroid dienone is 2. The van der Waals surface area contributed by atoms with Gasteiger partial charge in [0, 0.05) is 12.3 Å². The number of ketones is 1. The second-order valence-electron chi connectivity index (χ2n) is 4.45. The minimum atomic E-state index is -1.88. The van der Waals surface area contributed by atoms with Crippen LogP contribution in [-0.4, -0.2) is 27.9 Å². The number of hydrogen-bond donors (Lipinski definition) is 2. The van der Waals surface area contributed by atoms with Gasteiger partial charge in [0.2, 0.25) is 0 Å². The Hall–Kier alpha value is -1.65. The third kappa shape index (κ3) is 1.75. The summed E-state index contributed by atoms with van der Waals surface area (Å²) in [6.45, 7) is 4.81. The average Bonchev–Trinajstić information content (AvgIpc) is 2.50. The van der Waals surface area contributed by atoms with Gasteiger partial charge >= 0.3 is 11.9 Å². The zero-order chi connectivity index (χ0) is 13.4. The quantitative estimate of drug-likeness (QED) is 0.726. The topological polar surface area (TPSA) is 91.7 Å². The summed E-state index contributed by atoms with van der Waals surface area (Å²) >= 11 is 0. The molecule has 0 amide bonds. The summed E-state index contributed by atoms with van der Waals surface area (Å²) in [5.41, 5.74) is -0.934. The minimum absolute atomic E-state index is 0.0973. The van der Waals surface area contributed by atoms with Gasteiger partial charge in [-0.1, -0.05) is 19.4 Å². The lowest BCUT2D eigenvalue weighted by molar-refractivity contribution is -0.166. The Balaban J connectivity index is 3.27. The lowest BCUT2D eigenvalue weighted by Crippen LogP contribution is -2.43. The Morgan fingerprint density at radius 2 is 1.76 bits per heavy atom. The van der Waals surface area contributed by atoms with E-state index < -0.39 is 23.3 Å². The van der Waals surface area contributed by atoms with E-state index in [-0.39, 0.29) is 18.6 Å². The fourth-order valence-corrected chi connectivity index (χ4v) is 2.57. The molecule has 1 unspecified atom stereocenters. The first-order valence-electron chi connectivity index (χ1n) is 5.48. The van der Waals surface area contributed by atoms with Crippen LogP contribution in [0.2, 0.25) is 0 Å². The highest BCUT2D eigenvalue weighted by molar-refractivity contribution is 6.05. The van der Waals surface area contributed by atoms with Gasteiger partial charge < -0.3 is 10.2 Å². The van der Waals surface area contributed by atoms with Crippen molar-refractivity contribution in [1.82, 2.24) is 0 Å². The molecular weight excluding hydrogens is 224 g/mol. The van der Waals surface area contributed by atoms with E-state index in [1.54, 1.807) is 13.8 Å². The molecule has 0 aliphatic heterocycles. The maximum atomic E-state index is 11.7. The van der Waals surface area contributed by atoms with Gasteiger partial charge in [-0.25, -0.2) is 0 Å². The molecule has 1 aliphatic carbocycles. The molecule has 0 spiro atoms. The van der Waals surface area contributed by atoms with Crippen molar-refractivity contribution in [3.63, 3.8) is 0 Å². The fraction of sp³-hybridized carbons (Fsp3) is 0.583. The van der Waals surface area contributed by atoms with E-state index in [1.165, 1.54) is 6.92 Å². The molecule has 0 aromatic heterocycles. The third-order valence-electron chi connectivity index (χ3n) is 3.56. The molecule has 94 valence electrons. The standard InChI is InChI=1S/C12H16O5/c1-4-8(13)9-6(2)5-12(7(9)3,10(14)15)11(16)17/h7H,4-5H2,1-3H3,(H,14,15)(H,16,17). The summed E-state index contributed by atoms with van der Waals surface area (Å²) in [5.74, 6) is -3.71. The number of carboxylic acids is 2. The molecule has 0 saturated carbocycles. The van der Waals surface area contributed by atoms with Gasteiger partial charge in [0.1, 0.15) is 0 Å². The minimum Gasteiger partial charge on any atom is -0.480 e. The van der Waals surface area contributed by atoms with Gasteiger partial charge in [0.25, 0.3) is 0 Å². The third-order valence-corrected chi connectivity index (χ3v) is 3.56. The Bertz CT molecular complexity index is 405. The first kappa shape index (κ1) is 13.4. The van der Waals surface area contributed by atoms with Gasteiger partial charge in [-0.3, -0.25) is 14.4 Å². The van der Waals surface area contributed by atoms with Crippen LogP contribution >= 0.6 is 0 Å². The van der Waals surface area contributed by atoms with Crippen LogP contribution in [0, 0.1) is 11.3 Å². The fourth-order valence-electron chi connectivity index (χ4n) is 2.57. The maximum absolute atomic E-state index is 11.7. The SMILES string of the molecule is CCC(=O)C1=C(C)CC(C(=O)O)(C(=O)O)C1C. The molecule has 2 N–H and O–H groups in total. The zero-order valence-corrected chi connectivity index (χ0v) is 10.1. The van der Waals surface area contributed by atoms with Crippen molar-refractivity contribution in [1.29, 1.82) is 0 Å². The van der Waals surface area contributed by atoms with Crippen LogP contribution in [0.25, 0.3) is 0 Å². The summed E-state index contributed by atoms with van der Waals surface area (Å²) in [5, 5.41) is 18.4. The zero-order valence-electron chi connectivity index (χ0n) is 10.1.